The van der Waals surface area contributed by atoms with Crippen LogP contribution in [0.4, 0.5) is 0 Å². The highest BCUT2D eigenvalue weighted by Crippen LogP contribution is 2.32. The van der Waals surface area contributed by atoms with Crippen LogP contribution in [0.15, 0.2) is 29.2 Å². The van der Waals surface area contributed by atoms with Crippen LogP contribution in [-0.4, -0.2) is 28.2 Å². The van der Waals surface area contributed by atoms with Crippen LogP contribution >= 0.6 is 24.0 Å². The summed E-state index contributed by atoms with van der Waals surface area (Å²) in [5.41, 5.74) is 7.66. The molecule has 0 saturated carbocycles. The molecular weight excluding hydrogens is 264 g/mol. The first-order valence-electron chi connectivity index (χ1n) is 5.64. The topological polar surface area (TPSA) is 46.3 Å². The quantitative estimate of drug-likeness (QED) is 0.680. The van der Waals surface area contributed by atoms with E-state index in [1.807, 2.05) is 37.3 Å². The van der Waals surface area contributed by atoms with Gasteiger partial charge in [0.05, 0.1) is 4.91 Å². The molecular formula is C13H14N2OS2. The predicted molar refractivity (Wildman–Crippen MR) is 80.1 cm³/mol. The number of nitrogens with two attached hydrogens (primary N) is 1. The molecule has 1 aromatic rings. The van der Waals surface area contributed by atoms with Crippen molar-refractivity contribution in [1.29, 1.82) is 0 Å². The molecule has 0 atom stereocenters. The molecule has 1 aromatic carbocycles. The average molecular weight is 278 g/mol. The van der Waals surface area contributed by atoms with Gasteiger partial charge in [0.25, 0.3) is 5.91 Å². The minimum Gasteiger partial charge on any atom is -0.329 e. The van der Waals surface area contributed by atoms with Crippen molar-refractivity contribution in [3.05, 3.63) is 40.3 Å². The van der Waals surface area contributed by atoms with E-state index < -0.39 is 0 Å². The maximum atomic E-state index is 12.1. The van der Waals surface area contributed by atoms with Gasteiger partial charge in [-0.05, 0) is 24.1 Å². The molecule has 0 unspecified atom stereocenters. The van der Waals surface area contributed by atoms with Crippen molar-refractivity contribution in [2.75, 3.05) is 13.1 Å². The maximum absolute atomic E-state index is 12.1. The number of thiocarbonyl (C=S) groups is 1. The zero-order chi connectivity index (χ0) is 13.1. The second-order valence-corrected chi connectivity index (χ2v) is 5.65. The number of hydrogen-bond acceptors (Lipinski definition) is 4. The van der Waals surface area contributed by atoms with Crippen molar-refractivity contribution < 1.29 is 4.79 Å². The fraction of sp³-hybridized carbons (Fsp3) is 0.231. The van der Waals surface area contributed by atoms with Crippen molar-refractivity contribution in [2.45, 2.75) is 6.92 Å². The van der Waals surface area contributed by atoms with Crippen LogP contribution in [0.1, 0.15) is 11.1 Å². The van der Waals surface area contributed by atoms with Crippen LogP contribution in [0.3, 0.4) is 0 Å². The lowest BCUT2D eigenvalue weighted by atomic mass is 10.1. The van der Waals surface area contributed by atoms with Crippen molar-refractivity contribution in [1.82, 2.24) is 4.90 Å². The molecule has 1 saturated heterocycles. The first-order valence-corrected chi connectivity index (χ1v) is 6.87. The number of carbonyl (C=O) groups excluding carboxylic acids is 1. The number of benzene rings is 1. The number of amides is 1. The van der Waals surface area contributed by atoms with Crippen molar-refractivity contribution >= 4 is 40.3 Å². The van der Waals surface area contributed by atoms with Gasteiger partial charge in [-0.15, -0.1) is 0 Å². The molecule has 3 nitrogen and oxygen atoms in total. The lowest BCUT2D eigenvalue weighted by Gasteiger charge is -2.11. The molecule has 1 fully saturated rings. The zero-order valence-electron chi connectivity index (χ0n) is 10.1. The molecule has 2 rings (SSSR count). The molecule has 0 spiro atoms. The second-order valence-electron chi connectivity index (χ2n) is 3.98. The number of hydrogen-bond donors (Lipinski definition) is 1. The Morgan fingerprint density at radius 2 is 2.17 bits per heavy atom. The third-order valence-corrected chi connectivity index (χ3v) is 4.08. The largest absolute Gasteiger partial charge is 0.329 e. The second kappa shape index (κ2) is 5.65. The molecule has 18 heavy (non-hydrogen) atoms. The summed E-state index contributed by atoms with van der Waals surface area (Å²) >= 11 is 6.52. The summed E-state index contributed by atoms with van der Waals surface area (Å²) < 4.78 is 0.588. The predicted octanol–water partition coefficient (Wildman–Crippen LogP) is 2.15. The molecule has 0 bridgehead atoms. The van der Waals surface area contributed by atoms with Crippen LogP contribution in [0.5, 0.6) is 0 Å². The maximum Gasteiger partial charge on any atom is 0.266 e. The molecule has 5 heteroatoms. The summed E-state index contributed by atoms with van der Waals surface area (Å²) in [5, 5.41) is 0. The van der Waals surface area contributed by atoms with E-state index in [1.165, 1.54) is 11.8 Å². The Bertz CT molecular complexity index is 525. The molecule has 0 aromatic heterocycles. The average Bonchev–Trinajstić information content (AvgIpc) is 2.60. The van der Waals surface area contributed by atoms with Gasteiger partial charge in [-0.25, -0.2) is 0 Å². The normalized spacial score (nSPS) is 17.9. The Morgan fingerprint density at radius 3 is 2.83 bits per heavy atom. The third kappa shape index (κ3) is 2.63. The summed E-state index contributed by atoms with van der Waals surface area (Å²) in [6, 6.07) is 7.95. The van der Waals surface area contributed by atoms with Gasteiger partial charge in [-0.2, -0.15) is 0 Å². The van der Waals surface area contributed by atoms with Crippen molar-refractivity contribution in [2.24, 2.45) is 5.73 Å². The molecule has 2 N–H and O–H groups in total. The highest BCUT2D eigenvalue weighted by atomic mass is 32.2. The van der Waals surface area contributed by atoms with Gasteiger partial charge in [0.2, 0.25) is 0 Å². The van der Waals surface area contributed by atoms with Gasteiger partial charge in [-0.3, -0.25) is 9.69 Å². The lowest BCUT2D eigenvalue weighted by molar-refractivity contribution is -0.122. The SMILES string of the molecule is Cc1ccccc1/C=C1/SC(=S)N(CCN)C1=O. The fourth-order valence-corrected chi connectivity index (χ4v) is 3.01. The standard InChI is InChI=1S/C13H14N2OS2/c1-9-4-2-3-5-10(9)8-11-12(16)15(7-6-14)13(17)18-11/h2-5,8H,6-7,14H2,1H3/b11-8+. The fourth-order valence-electron chi connectivity index (χ4n) is 1.71. The first kappa shape index (κ1) is 13.3. The van der Waals surface area contributed by atoms with E-state index >= 15 is 0 Å². The van der Waals surface area contributed by atoms with Crippen molar-refractivity contribution in [3.8, 4) is 0 Å². The molecule has 1 aliphatic rings. The van der Waals surface area contributed by atoms with Gasteiger partial charge in [0, 0.05) is 13.1 Å². The monoisotopic (exact) mass is 278 g/mol. The number of rotatable bonds is 3. The van der Waals surface area contributed by atoms with Crippen LogP contribution in [-0.2, 0) is 4.79 Å². The van der Waals surface area contributed by atoms with Crippen molar-refractivity contribution in [3.63, 3.8) is 0 Å². The van der Waals surface area contributed by atoms with Gasteiger partial charge < -0.3 is 5.73 Å². The smallest absolute Gasteiger partial charge is 0.266 e. The Labute approximate surface area is 116 Å². The Morgan fingerprint density at radius 1 is 1.44 bits per heavy atom. The van der Waals surface area contributed by atoms with E-state index in [2.05, 4.69) is 0 Å². The molecule has 94 valence electrons. The minimum absolute atomic E-state index is 0.0429. The minimum atomic E-state index is -0.0429. The summed E-state index contributed by atoms with van der Waals surface area (Å²) in [4.78, 5) is 14.3. The molecule has 1 aliphatic heterocycles. The van der Waals surface area contributed by atoms with Gasteiger partial charge >= 0.3 is 0 Å². The Hall–Kier alpha value is -1.17. The Balaban J connectivity index is 2.28. The molecule has 0 radical (unpaired) electrons. The number of carbonyl (C=O) groups is 1. The summed E-state index contributed by atoms with van der Waals surface area (Å²) in [7, 11) is 0. The lowest BCUT2D eigenvalue weighted by Crippen LogP contribution is -2.32. The summed E-state index contributed by atoms with van der Waals surface area (Å²) in [5.74, 6) is -0.0429. The third-order valence-electron chi connectivity index (χ3n) is 2.70. The number of thioether (sulfide) groups is 1. The van der Waals surface area contributed by atoms with E-state index in [0.29, 0.717) is 22.3 Å². The highest BCUT2D eigenvalue weighted by molar-refractivity contribution is 8.26. The summed E-state index contributed by atoms with van der Waals surface area (Å²) in [6.45, 7) is 2.92. The zero-order valence-corrected chi connectivity index (χ0v) is 11.7. The van der Waals surface area contributed by atoms with Gasteiger partial charge in [0.15, 0.2) is 0 Å². The van der Waals surface area contributed by atoms with E-state index in [4.69, 9.17) is 18.0 Å². The highest BCUT2D eigenvalue weighted by Gasteiger charge is 2.31. The van der Waals surface area contributed by atoms with Crippen LogP contribution in [0, 0.1) is 6.92 Å². The first-order chi connectivity index (χ1) is 8.63. The van der Waals surface area contributed by atoms with E-state index in [1.54, 1.807) is 4.90 Å². The van der Waals surface area contributed by atoms with E-state index in [-0.39, 0.29) is 5.91 Å². The number of aryl methyl sites for hydroxylation is 1. The molecule has 1 heterocycles. The van der Waals surface area contributed by atoms with Crippen LogP contribution in [0.2, 0.25) is 0 Å². The van der Waals surface area contributed by atoms with Crippen LogP contribution in [0.25, 0.3) is 6.08 Å². The molecule has 0 aliphatic carbocycles. The molecule has 1 amide bonds. The van der Waals surface area contributed by atoms with Gasteiger partial charge in [0.1, 0.15) is 4.32 Å². The number of nitrogens with zero attached hydrogens (tertiary/aromatic N) is 1. The van der Waals surface area contributed by atoms with Crippen LogP contribution < -0.4 is 5.73 Å². The van der Waals surface area contributed by atoms with E-state index in [9.17, 15) is 4.79 Å². The summed E-state index contributed by atoms with van der Waals surface area (Å²) in [6.07, 6.45) is 1.89. The van der Waals surface area contributed by atoms with Gasteiger partial charge in [-0.1, -0.05) is 48.2 Å². The Kier molecular flexibility index (Phi) is 4.16. The van der Waals surface area contributed by atoms with E-state index in [0.717, 1.165) is 11.1 Å².